The smallest absolute Gasteiger partial charge is 0.224 e. The lowest BCUT2D eigenvalue weighted by Crippen LogP contribution is -2.38. The molecule has 6 nitrogen and oxygen atoms in total. The van der Waals surface area contributed by atoms with Gasteiger partial charge >= 0.3 is 0 Å². The number of nitrogens with one attached hydrogen (secondary N) is 2. The molecule has 0 fully saturated rings. The molecule has 0 aliphatic carbocycles. The number of carbonyl (C=O) groups excluding carboxylic acids is 1. The number of H-pyrrole nitrogens is 1. The van der Waals surface area contributed by atoms with Crippen LogP contribution in [0.2, 0.25) is 0 Å². The highest BCUT2D eigenvalue weighted by Crippen LogP contribution is 2.08. The molecular formula is C11H21N5O. The topological polar surface area (TPSA) is 96.7 Å². The van der Waals surface area contributed by atoms with Gasteiger partial charge in [0.1, 0.15) is 12.2 Å². The van der Waals surface area contributed by atoms with Gasteiger partial charge < -0.3 is 11.1 Å². The van der Waals surface area contributed by atoms with Gasteiger partial charge in [0.25, 0.3) is 0 Å². The van der Waals surface area contributed by atoms with Gasteiger partial charge in [-0.15, -0.1) is 0 Å². The monoisotopic (exact) mass is 239 g/mol. The number of aryl methyl sites for hydroxylation is 1. The van der Waals surface area contributed by atoms with Crippen molar-refractivity contribution in [1.82, 2.24) is 20.5 Å². The van der Waals surface area contributed by atoms with Gasteiger partial charge in [-0.2, -0.15) is 5.10 Å². The van der Waals surface area contributed by atoms with Crippen molar-refractivity contribution in [3.63, 3.8) is 0 Å². The number of carbonyl (C=O) groups is 1. The molecule has 0 saturated heterocycles. The van der Waals surface area contributed by atoms with E-state index in [-0.39, 0.29) is 17.7 Å². The van der Waals surface area contributed by atoms with E-state index < -0.39 is 0 Å². The van der Waals surface area contributed by atoms with E-state index in [1.807, 2.05) is 13.8 Å². The highest BCUT2D eigenvalue weighted by Gasteiger charge is 2.19. The van der Waals surface area contributed by atoms with Crippen LogP contribution in [0.4, 0.5) is 0 Å². The second kappa shape index (κ2) is 7.01. The standard InChI is InChI=1S/C11H21N5O/c1-8(2)9(6-12)11(17)13-5-3-4-10-14-7-15-16-10/h7-9H,3-6,12H2,1-2H3,(H,13,17)(H,14,15,16). The average molecular weight is 239 g/mol. The lowest BCUT2D eigenvalue weighted by molar-refractivity contribution is -0.125. The predicted octanol–water partition coefficient (Wildman–Crippen LogP) is 0.0844. The zero-order chi connectivity index (χ0) is 12.7. The van der Waals surface area contributed by atoms with Gasteiger partial charge in [-0.05, 0) is 12.3 Å². The summed E-state index contributed by atoms with van der Waals surface area (Å²) in [6.45, 7) is 5.05. The van der Waals surface area contributed by atoms with Crippen LogP contribution in [0.5, 0.6) is 0 Å². The molecule has 1 amide bonds. The Labute approximate surface area is 101 Å². The summed E-state index contributed by atoms with van der Waals surface area (Å²) in [6, 6.07) is 0. The fourth-order valence-corrected chi connectivity index (χ4v) is 1.63. The normalized spacial score (nSPS) is 12.7. The molecule has 1 aromatic rings. The maximum absolute atomic E-state index is 11.8. The van der Waals surface area contributed by atoms with Crippen molar-refractivity contribution in [3.05, 3.63) is 12.2 Å². The molecule has 1 aromatic heterocycles. The van der Waals surface area contributed by atoms with Gasteiger partial charge in [0.2, 0.25) is 5.91 Å². The molecule has 0 saturated carbocycles. The van der Waals surface area contributed by atoms with Crippen molar-refractivity contribution in [2.75, 3.05) is 13.1 Å². The fraction of sp³-hybridized carbons (Fsp3) is 0.727. The summed E-state index contributed by atoms with van der Waals surface area (Å²) in [5.74, 6) is 1.06. The average Bonchev–Trinajstić information content (AvgIpc) is 2.77. The Kier molecular flexibility index (Phi) is 5.62. The van der Waals surface area contributed by atoms with E-state index in [1.54, 1.807) is 0 Å². The largest absolute Gasteiger partial charge is 0.356 e. The van der Waals surface area contributed by atoms with Crippen LogP contribution in [0.1, 0.15) is 26.1 Å². The summed E-state index contributed by atoms with van der Waals surface area (Å²) < 4.78 is 0. The molecule has 1 heterocycles. The van der Waals surface area contributed by atoms with Crippen LogP contribution in [0.15, 0.2) is 6.33 Å². The van der Waals surface area contributed by atoms with Crippen molar-refractivity contribution in [2.45, 2.75) is 26.7 Å². The van der Waals surface area contributed by atoms with Crippen LogP contribution in [0, 0.1) is 11.8 Å². The molecule has 0 aromatic carbocycles. The second-order valence-corrected chi connectivity index (χ2v) is 4.41. The van der Waals surface area contributed by atoms with Crippen molar-refractivity contribution in [2.24, 2.45) is 17.6 Å². The Morgan fingerprint density at radius 1 is 1.59 bits per heavy atom. The summed E-state index contributed by atoms with van der Waals surface area (Å²) in [7, 11) is 0. The van der Waals surface area contributed by atoms with Gasteiger partial charge in [0, 0.05) is 19.5 Å². The second-order valence-electron chi connectivity index (χ2n) is 4.41. The van der Waals surface area contributed by atoms with Crippen molar-refractivity contribution in [3.8, 4) is 0 Å². The quantitative estimate of drug-likeness (QED) is 0.587. The van der Waals surface area contributed by atoms with Gasteiger partial charge in [-0.1, -0.05) is 13.8 Å². The molecule has 6 heteroatoms. The Hall–Kier alpha value is -1.43. The molecule has 0 aliphatic rings. The van der Waals surface area contributed by atoms with E-state index in [0.717, 1.165) is 18.7 Å². The Morgan fingerprint density at radius 3 is 2.88 bits per heavy atom. The Balaban J connectivity index is 2.19. The van der Waals surface area contributed by atoms with Crippen LogP contribution in [0.25, 0.3) is 0 Å². The lowest BCUT2D eigenvalue weighted by Gasteiger charge is -2.17. The number of aromatic nitrogens is 3. The first-order valence-corrected chi connectivity index (χ1v) is 5.97. The minimum absolute atomic E-state index is 0.0417. The molecule has 1 unspecified atom stereocenters. The van der Waals surface area contributed by atoms with E-state index in [9.17, 15) is 4.79 Å². The van der Waals surface area contributed by atoms with Gasteiger partial charge in [-0.25, -0.2) is 4.98 Å². The first-order chi connectivity index (χ1) is 8.15. The van der Waals surface area contributed by atoms with Gasteiger partial charge in [-0.3, -0.25) is 9.89 Å². The zero-order valence-electron chi connectivity index (χ0n) is 10.4. The Morgan fingerprint density at radius 2 is 2.35 bits per heavy atom. The summed E-state index contributed by atoms with van der Waals surface area (Å²) in [5, 5.41) is 9.44. The highest BCUT2D eigenvalue weighted by atomic mass is 16.1. The maximum atomic E-state index is 11.8. The lowest BCUT2D eigenvalue weighted by atomic mass is 9.95. The third kappa shape index (κ3) is 4.52. The maximum Gasteiger partial charge on any atom is 0.224 e. The van der Waals surface area contributed by atoms with E-state index in [0.29, 0.717) is 13.1 Å². The third-order valence-corrected chi connectivity index (χ3v) is 2.75. The predicted molar refractivity (Wildman–Crippen MR) is 65.1 cm³/mol. The minimum atomic E-state index is -0.0970. The number of rotatable bonds is 7. The minimum Gasteiger partial charge on any atom is -0.356 e. The highest BCUT2D eigenvalue weighted by molar-refractivity contribution is 5.79. The summed E-state index contributed by atoms with van der Waals surface area (Å²) in [6.07, 6.45) is 3.11. The van der Waals surface area contributed by atoms with E-state index in [2.05, 4.69) is 20.5 Å². The summed E-state index contributed by atoms with van der Waals surface area (Å²) in [4.78, 5) is 15.8. The van der Waals surface area contributed by atoms with Crippen molar-refractivity contribution < 1.29 is 4.79 Å². The van der Waals surface area contributed by atoms with Crippen LogP contribution in [-0.4, -0.2) is 34.2 Å². The summed E-state index contributed by atoms with van der Waals surface area (Å²) >= 11 is 0. The number of amides is 1. The van der Waals surface area contributed by atoms with E-state index in [4.69, 9.17) is 5.73 Å². The van der Waals surface area contributed by atoms with Crippen LogP contribution in [-0.2, 0) is 11.2 Å². The molecule has 1 rings (SSSR count). The van der Waals surface area contributed by atoms with Gasteiger partial charge in [0.05, 0.1) is 5.92 Å². The number of aromatic amines is 1. The molecule has 17 heavy (non-hydrogen) atoms. The van der Waals surface area contributed by atoms with Crippen LogP contribution >= 0.6 is 0 Å². The fourth-order valence-electron chi connectivity index (χ4n) is 1.63. The molecule has 1 atom stereocenters. The molecule has 96 valence electrons. The van der Waals surface area contributed by atoms with Crippen LogP contribution < -0.4 is 11.1 Å². The molecule has 0 radical (unpaired) electrons. The number of nitrogens with two attached hydrogens (primary N) is 1. The molecular weight excluding hydrogens is 218 g/mol. The first-order valence-electron chi connectivity index (χ1n) is 5.97. The number of nitrogens with zero attached hydrogens (tertiary/aromatic N) is 2. The molecule has 4 N–H and O–H groups in total. The van der Waals surface area contributed by atoms with Crippen molar-refractivity contribution >= 4 is 5.91 Å². The SMILES string of the molecule is CC(C)C(CN)C(=O)NCCCc1ncn[nH]1. The van der Waals surface area contributed by atoms with E-state index in [1.165, 1.54) is 6.33 Å². The third-order valence-electron chi connectivity index (χ3n) is 2.75. The van der Waals surface area contributed by atoms with E-state index >= 15 is 0 Å². The molecule has 0 bridgehead atoms. The molecule has 0 aliphatic heterocycles. The molecule has 0 spiro atoms. The van der Waals surface area contributed by atoms with Crippen molar-refractivity contribution in [1.29, 1.82) is 0 Å². The van der Waals surface area contributed by atoms with Crippen LogP contribution in [0.3, 0.4) is 0 Å². The number of hydrogen-bond acceptors (Lipinski definition) is 4. The zero-order valence-corrected chi connectivity index (χ0v) is 10.4. The number of hydrogen-bond donors (Lipinski definition) is 3. The van der Waals surface area contributed by atoms with Gasteiger partial charge in [0.15, 0.2) is 0 Å². The summed E-state index contributed by atoms with van der Waals surface area (Å²) in [5.41, 5.74) is 5.57. The first kappa shape index (κ1) is 13.6. The Bertz CT molecular complexity index is 323.